The third-order valence-corrected chi connectivity index (χ3v) is 3.70. The third-order valence-electron chi connectivity index (χ3n) is 3.70. The van der Waals surface area contributed by atoms with Crippen molar-refractivity contribution in [2.24, 2.45) is 0 Å². The van der Waals surface area contributed by atoms with Crippen molar-refractivity contribution in [3.63, 3.8) is 0 Å². The van der Waals surface area contributed by atoms with Gasteiger partial charge in [0.15, 0.2) is 5.78 Å². The van der Waals surface area contributed by atoms with Gasteiger partial charge in [0.1, 0.15) is 18.1 Å². The molecule has 0 saturated heterocycles. The fourth-order valence-electron chi connectivity index (χ4n) is 2.43. The Bertz CT molecular complexity index is 529. The maximum atomic E-state index is 11.6. The number of phenols is 1. The Kier molecular flexibility index (Phi) is 11.7. The minimum atomic E-state index is -0.158. The van der Waals surface area contributed by atoms with Gasteiger partial charge in [-0.3, -0.25) is 4.79 Å². The largest absolute Gasteiger partial charge is 0.507 e. The Morgan fingerprint density at radius 3 is 2.00 bits per heavy atom. The number of benzene rings is 1. The lowest BCUT2D eigenvalue weighted by atomic mass is 10.0. The fraction of sp³-hybridized carbons (Fsp3) is 0.650. The van der Waals surface area contributed by atoms with Crippen molar-refractivity contribution in [2.75, 3.05) is 46.2 Å². The molecular weight excluding hydrogens is 336 g/mol. The Hall–Kier alpha value is -1.63. The molecule has 1 aromatic carbocycles. The molecule has 0 aliphatic heterocycles. The minimum Gasteiger partial charge on any atom is -0.507 e. The van der Waals surface area contributed by atoms with Gasteiger partial charge in [0, 0.05) is 12.2 Å². The Morgan fingerprint density at radius 2 is 1.46 bits per heavy atom. The van der Waals surface area contributed by atoms with Gasteiger partial charge in [-0.25, -0.2) is 0 Å². The molecule has 6 nitrogen and oxygen atoms in total. The Labute approximate surface area is 156 Å². The van der Waals surface area contributed by atoms with Gasteiger partial charge in [-0.15, -0.1) is 0 Å². The van der Waals surface area contributed by atoms with Crippen molar-refractivity contribution in [2.45, 2.75) is 40.0 Å². The monoisotopic (exact) mass is 368 g/mol. The number of Topliss-reactive ketones (excluding diaryl/α,β-unsaturated/α-hetero) is 1. The maximum absolute atomic E-state index is 11.6. The van der Waals surface area contributed by atoms with Gasteiger partial charge >= 0.3 is 0 Å². The summed E-state index contributed by atoms with van der Waals surface area (Å²) in [5.74, 6) is 0.466. The zero-order chi connectivity index (χ0) is 19.2. The zero-order valence-corrected chi connectivity index (χ0v) is 16.2. The SMILES string of the molecule is CCCOCCOCCOCCOc1ccc(C(C)=O)c(O)c1CCC. The number of hydrogen-bond acceptors (Lipinski definition) is 6. The van der Waals surface area contributed by atoms with E-state index < -0.39 is 0 Å². The van der Waals surface area contributed by atoms with E-state index in [1.807, 2.05) is 6.92 Å². The van der Waals surface area contributed by atoms with E-state index in [9.17, 15) is 9.90 Å². The van der Waals surface area contributed by atoms with E-state index in [1.54, 1.807) is 12.1 Å². The zero-order valence-electron chi connectivity index (χ0n) is 16.2. The highest BCUT2D eigenvalue weighted by molar-refractivity contribution is 5.97. The van der Waals surface area contributed by atoms with Crippen LogP contribution in [0.3, 0.4) is 0 Å². The van der Waals surface area contributed by atoms with E-state index in [1.165, 1.54) is 6.92 Å². The van der Waals surface area contributed by atoms with E-state index in [0.29, 0.717) is 62.9 Å². The van der Waals surface area contributed by atoms with Crippen molar-refractivity contribution in [1.29, 1.82) is 0 Å². The summed E-state index contributed by atoms with van der Waals surface area (Å²) in [6.07, 6.45) is 2.51. The van der Waals surface area contributed by atoms with Crippen molar-refractivity contribution in [1.82, 2.24) is 0 Å². The molecule has 0 atom stereocenters. The quantitative estimate of drug-likeness (QED) is 0.378. The van der Waals surface area contributed by atoms with E-state index in [0.717, 1.165) is 19.4 Å². The molecule has 0 heterocycles. The average molecular weight is 368 g/mol. The van der Waals surface area contributed by atoms with Gasteiger partial charge in [-0.2, -0.15) is 0 Å². The van der Waals surface area contributed by atoms with Crippen molar-refractivity contribution in [3.8, 4) is 11.5 Å². The molecular formula is C20H32O6. The number of phenolic OH excluding ortho intramolecular Hbond substituents is 1. The molecule has 1 N–H and O–H groups in total. The molecule has 0 bridgehead atoms. The molecule has 0 aliphatic rings. The summed E-state index contributed by atoms with van der Waals surface area (Å²) in [5, 5.41) is 10.3. The second-order valence-electron chi connectivity index (χ2n) is 5.93. The number of ether oxygens (including phenoxy) is 4. The van der Waals surface area contributed by atoms with Crippen LogP contribution in [-0.2, 0) is 20.6 Å². The predicted octanol–water partition coefficient (Wildman–Crippen LogP) is 3.39. The van der Waals surface area contributed by atoms with E-state index in [-0.39, 0.29) is 11.5 Å². The van der Waals surface area contributed by atoms with Crippen LogP contribution in [0.25, 0.3) is 0 Å². The smallest absolute Gasteiger partial charge is 0.163 e. The molecule has 0 spiro atoms. The number of rotatable bonds is 15. The highest BCUT2D eigenvalue weighted by Gasteiger charge is 2.15. The van der Waals surface area contributed by atoms with Crippen molar-refractivity contribution in [3.05, 3.63) is 23.3 Å². The normalized spacial score (nSPS) is 10.9. The molecule has 0 fully saturated rings. The highest BCUT2D eigenvalue weighted by atomic mass is 16.6. The summed E-state index contributed by atoms with van der Waals surface area (Å²) in [7, 11) is 0. The summed E-state index contributed by atoms with van der Waals surface area (Å²) in [4.78, 5) is 11.6. The lowest BCUT2D eigenvalue weighted by Crippen LogP contribution is -2.13. The predicted molar refractivity (Wildman–Crippen MR) is 100 cm³/mol. The van der Waals surface area contributed by atoms with E-state index in [4.69, 9.17) is 18.9 Å². The van der Waals surface area contributed by atoms with Gasteiger partial charge in [0.2, 0.25) is 0 Å². The fourth-order valence-corrected chi connectivity index (χ4v) is 2.43. The lowest BCUT2D eigenvalue weighted by Gasteiger charge is -2.14. The third kappa shape index (κ3) is 8.17. The standard InChI is InChI=1S/C20H32O6/c1-4-6-18-19(8-7-17(16(3)21)20(18)22)26-15-14-25-13-12-24-11-10-23-9-5-2/h7-8,22H,4-6,9-15H2,1-3H3. The van der Waals surface area contributed by atoms with Crippen LogP contribution in [0.2, 0.25) is 0 Å². The van der Waals surface area contributed by atoms with Crippen LogP contribution in [0.15, 0.2) is 12.1 Å². The van der Waals surface area contributed by atoms with Crippen LogP contribution < -0.4 is 4.74 Å². The number of ketones is 1. The Morgan fingerprint density at radius 1 is 0.885 bits per heavy atom. The molecule has 0 saturated carbocycles. The molecule has 148 valence electrons. The molecule has 0 radical (unpaired) electrons. The summed E-state index contributed by atoms with van der Waals surface area (Å²) in [5.41, 5.74) is 1.01. The molecule has 0 unspecified atom stereocenters. The molecule has 0 amide bonds. The van der Waals surface area contributed by atoms with Crippen LogP contribution in [0.1, 0.15) is 49.5 Å². The number of aromatic hydroxyl groups is 1. The number of hydrogen-bond donors (Lipinski definition) is 1. The van der Waals surface area contributed by atoms with Gasteiger partial charge in [0.25, 0.3) is 0 Å². The second-order valence-corrected chi connectivity index (χ2v) is 5.93. The molecule has 0 aromatic heterocycles. The Balaban J connectivity index is 2.28. The highest BCUT2D eigenvalue weighted by Crippen LogP contribution is 2.32. The molecule has 1 aromatic rings. The topological polar surface area (TPSA) is 74.2 Å². The first-order chi connectivity index (χ1) is 12.6. The van der Waals surface area contributed by atoms with Crippen LogP contribution in [-0.4, -0.2) is 57.1 Å². The van der Waals surface area contributed by atoms with Crippen molar-refractivity contribution < 1.29 is 28.8 Å². The van der Waals surface area contributed by atoms with E-state index in [2.05, 4.69) is 6.92 Å². The molecule has 0 aliphatic carbocycles. The molecule has 26 heavy (non-hydrogen) atoms. The summed E-state index contributed by atoms with van der Waals surface area (Å²) in [6.45, 7) is 9.28. The molecule has 1 rings (SSSR count). The lowest BCUT2D eigenvalue weighted by molar-refractivity contribution is 0.00939. The second kappa shape index (κ2) is 13.6. The summed E-state index contributed by atoms with van der Waals surface area (Å²) in [6, 6.07) is 3.34. The minimum absolute atomic E-state index is 0.0245. The van der Waals surface area contributed by atoms with Crippen LogP contribution in [0.5, 0.6) is 11.5 Å². The number of carbonyl (C=O) groups excluding carboxylic acids is 1. The molecule has 6 heteroatoms. The number of carbonyl (C=O) groups is 1. The summed E-state index contributed by atoms with van der Waals surface area (Å²) < 4.78 is 21.9. The maximum Gasteiger partial charge on any atom is 0.163 e. The van der Waals surface area contributed by atoms with Gasteiger partial charge in [-0.05, 0) is 31.9 Å². The van der Waals surface area contributed by atoms with Crippen molar-refractivity contribution >= 4 is 5.78 Å². The summed E-state index contributed by atoms with van der Waals surface area (Å²) >= 11 is 0. The first-order valence-electron chi connectivity index (χ1n) is 9.33. The van der Waals surface area contributed by atoms with Crippen LogP contribution in [0.4, 0.5) is 0 Å². The van der Waals surface area contributed by atoms with Crippen LogP contribution in [0, 0.1) is 0 Å². The first-order valence-corrected chi connectivity index (χ1v) is 9.33. The van der Waals surface area contributed by atoms with Gasteiger partial charge < -0.3 is 24.1 Å². The van der Waals surface area contributed by atoms with E-state index >= 15 is 0 Å². The average Bonchev–Trinajstić information content (AvgIpc) is 2.62. The van der Waals surface area contributed by atoms with Gasteiger partial charge in [0.05, 0.1) is 38.6 Å². The first kappa shape index (κ1) is 22.4. The van der Waals surface area contributed by atoms with Crippen LogP contribution >= 0.6 is 0 Å². The van der Waals surface area contributed by atoms with Gasteiger partial charge in [-0.1, -0.05) is 20.3 Å².